The first kappa shape index (κ1) is 51.5. The number of amides is 1. The zero-order chi connectivity index (χ0) is 39.3. The molecule has 53 heavy (non-hydrogen) atoms. The molecule has 0 aliphatic heterocycles. The highest BCUT2D eigenvalue weighted by Gasteiger charge is 2.27. The van der Waals surface area contributed by atoms with E-state index in [0.717, 1.165) is 64.2 Å². The molecule has 0 aromatic heterocycles. The van der Waals surface area contributed by atoms with E-state index in [9.17, 15) is 19.4 Å². The number of hydrogen-bond acceptors (Lipinski definition) is 5. The van der Waals surface area contributed by atoms with Gasteiger partial charge in [0.1, 0.15) is 13.2 Å². The second-order valence-electron chi connectivity index (χ2n) is 15.7. The van der Waals surface area contributed by atoms with Gasteiger partial charge in [0.2, 0.25) is 5.91 Å². The van der Waals surface area contributed by atoms with Crippen LogP contribution in [-0.4, -0.2) is 73.4 Å². The maximum atomic E-state index is 12.8. The van der Waals surface area contributed by atoms with Gasteiger partial charge in [-0.15, -0.1) is 0 Å². The van der Waals surface area contributed by atoms with Crippen molar-refractivity contribution in [3.8, 4) is 0 Å². The Labute approximate surface area is 327 Å². The molecule has 0 rings (SSSR count). The molecule has 0 bridgehead atoms. The quantitative estimate of drug-likeness (QED) is 0.0250. The van der Waals surface area contributed by atoms with Crippen LogP contribution < -0.4 is 5.32 Å². The van der Waals surface area contributed by atoms with Crippen molar-refractivity contribution in [2.45, 2.75) is 187 Å². The second kappa shape index (κ2) is 36.1. The van der Waals surface area contributed by atoms with Crippen LogP contribution in [0.15, 0.2) is 48.6 Å². The Morgan fingerprint density at radius 1 is 0.642 bits per heavy atom. The van der Waals surface area contributed by atoms with Crippen molar-refractivity contribution in [2.24, 2.45) is 0 Å². The Morgan fingerprint density at radius 3 is 1.57 bits per heavy atom. The number of nitrogens with one attached hydrogen (secondary N) is 1. The first-order valence-corrected chi connectivity index (χ1v) is 23.0. The number of quaternary nitrogens is 1. The summed E-state index contributed by atoms with van der Waals surface area (Å²) in [6.07, 6.45) is 44.6. The van der Waals surface area contributed by atoms with Crippen LogP contribution in [0.2, 0.25) is 0 Å². The molecule has 3 N–H and O–H groups in total. The van der Waals surface area contributed by atoms with Gasteiger partial charge in [-0.3, -0.25) is 13.8 Å². The molecule has 3 atom stereocenters. The highest BCUT2D eigenvalue weighted by molar-refractivity contribution is 7.47. The molecular formula is C44H84N2O6P+. The van der Waals surface area contributed by atoms with Crippen molar-refractivity contribution in [3.63, 3.8) is 0 Å². The van der Waals surface area contributed by atoms with Crippen LogP contribution in [0, 0.1) is 0 Å². The third-order valence-corrected chi connectivity index (χ3v) is 10.3. The summed E-state index contributed by atoms with van der Waals surface area (Å²) in [6.45, 7) is 4.75. The zero-order valence-electron chi connectivity index (χ0n) is 35.0. The first-order chi connectivity index (χ1) is 25.5. The Bertz CT molecular complexity index is 1010. The summed E-state index contributed by atoms with van der Waals surface area (Å²) in [5.41, 5.74) is 0. The van der Waals surface area contributed by atoms with Gasteiger partial charge in [0.15, 0.2) is 0 Å². The van der Waals surface area contributed by atoms with Gasteiger partial charge in [-0.05, 0) is 57.8 Å². The fraction of sp³-hybridized carbons (Fsp3) is 0.795. The molecule has 3 unspecified atom stereocenters. The number of unbranched alkanes of at least 4 members (excludes halogenated alkanes) is 19. The highest BCUT2D eigenvalue weighted by Crippen LogP contribution is 2.43. The smallest absolute Gasteiger partial charge is 0.387 e. The molecule has 1 amide bonds. The van der Waals surface area contributed by atoms with E-state index in [-0.39, 0.29) is 19.1 Å². The van der Waals surface area contributed by atoms with Crippen LogP contribution >= 0.6 is 7.82 Å². The minimum absolute atomic E-state index is 0.0569. The molecule has 0 aliphatic rings. The summed E-state index contributed by atoms with van der Waals surface area (Å²) in [6, 6.07) is -0.852. The number of carbonyl (C=O) groups excluding carboxylic acids is 1. The first-order valence-electron chi connectivity index (χ1n) is 21.5. The Morgan fingerprint density at radius 2 is 1.08 bits per heavy atom. The lowest BCUT2D eigenvalue weighted by Gasteiger charge is -2.25. The third-order valence-electron chi connectivity index (χ3n) is 9.29. The van der Waals surface area contributed by atoms with E-state index >= 15 is 0 Å². The zero-order valence-corrected chi connectivity index (χ0v) is 35.9. The Kier molecular flexibility index (Phi) is 35.1. The molecule has 310 valence electrons. The molecule has 8 nitrogen and oxygen atoms in total. The number of phosphoric ester groups is 1. The van der Waals surface area contributed by atoms with Gasteiger partial charge in [0.25, 0.3) is 0 Å². The number of carbonyl (C=O) groups is 1. The maximum Gasteiger partial charge on any atom is 0.472 e. The predicted octanol–water partition coefficient (Wildman–Crippen LogP) is 11.7. The largest absolute Gasteiger partial charge is 0.472 e. The van der Waals surface area contributed by atoms with Crippen LogP contribution in [0.4, 0.5) is 0 Å². The van der Waals surface area contributed by atoms with E-state index in [1.54, 1.807) is 6.08 Å². The van der Waals surface area contributed by atoms with Crippen LogP contribution in [0.1, 0.15) is 174 Å². The normalized spacial score (nSPS) is 14.9. The average Bonchev–Trinajstić information content (AvgIpc) is 3.10. The second-order valence-corrected chi connectivity index (χ2v) is 17.2. The van der Waals surface area contributed by atoms with Crippen LogP contribution in [0.25, 0.3) is 0 Å². The summed E-state index contributed by atoms with van der Waals surface area (Å²) in [7, 11) is 1.55. The fourth-order valence-electron chi connectivity index (χ4n) is 5.81. The van der Waals surface area contributed by atoms with Crippen molar-refractivity contribution in [1.29, 1.82) is 0 Å². The van der Waals surface area contributed by atoms with Crippen LogP contribution in [0.3, 0.4) is 0 Å². The van der Waals surface area contributed by atoms with Crippen molar-refractivity contribution < 1.29 is 32.9 Å². The third kappa shape index (κ3) is 38.5. The molecule has 0 aliphatic carbocycles. The Hall–Kier alpha value is -1.54. The van der Waals surface area contributed by atoms with Gasteiger partial charge >= 0.3 is 7.82 Å². The molecule has 0 radical (unpaired) electrons. The van der Waals surface area contributed by atoms with Crippen molar-refractivity contribution >= 4 is 13.7 Å². The van der Waals surface area contributed by atoms with Crippen molar-refractivity contribution in [1.82, 2.24) is 5.32 Å². The predicted molar refractivity (Wildman–Crippen MR) is 226 cm³/mol. The van der Waals surface area contributed by atoms with E-state index in [1.165, 1.54) is 89.9 Å². The minimum atomic E-state index is -4.34. The van der Waals surface area contributed by atoms with Gasteiger partial charge in [-0.25, -0.2) is 4.57 Å². The monoisotopic (exact) mass is 768 g/mol. The molecule has 0 saturated heterocycles. The lowest BCUT2D eigenvalue weighted by Crippen LogP contribution is -2.45. The topological polar surface area (TPSA) is 105 Å². The number of phosphoric acid groups is 1. The molecule has 0 spiro atoms. The highest BCUT2D eigenvalue weighted by atomic mass is 31.2. The summed E-state index contributed by atoms with van der Waals surface area (Å²) in [5.74, 6) is -0.194. The van der Waals surface area contributed by atoms with Gasteiger partial charge in [-0.1, -0.05) is 159 Å². The fourth-order valence-corrected chi connectivity index (χ4v) is 6.55. The number of rotatable bonds is 38. The van der Waals surface area contributed by atoms with Crippen LogP contribution in [0.5, 0.6) is 0 Å². The summed E-state index contributed by atoms with van der Waals surface area (Å²) >= 11 is 0. The molecule has 0 aromatic rings. The Balaban J connectivity index is 4.38. The van der Waals surface area contributed by atoms with Gasteiger partial charge < -0.3 is 19.8 Å². The maximum absolute atomic E-state index is 12.8. The SMILES string of the molecule is CCCCCCC/C=C\C/C=C\C/C=C\CCCCCCCCC(=O)NC(COP(=O)(O)OCC[N+](C)(C)C)C(O)/C=C/CCCCCCCCCC. The van der Waals surface area contributed by atoms with E-state index in [2.05, 4.69) is 55.6 Å². The molecule has 0 saturated carbocycles. The van der Waals surface area contributed by atoms with E-state index < -0.39 is 20.0 Å². The summed E-state index contributed by atoms with van der Waals surface area (Å²) in [5, 5.41) is 13.7. The van der Waals surface area contributed by atoms with E-state index in [0.29, 0.717) is 17.4 Å². The molecule has 0 fully saturated rings. The van der Waals surface area contributed by atoms with E-state index in [4.69, 9.17) is 9.05 Å². The average molecular weight is 768 g/mol. The lowest BCUT2D eigenvalue weighted by atomic mass is 10.1. The lowest BCUT2D eigenvalue weighted by molar-refractivity contribution is -0.870. The minimum Gasteiger partial charge on any atom is -0.387 e. The number of nitrogens with zero attached hydrogens (tertiary/aromatic N) is 1. The standard InChI is InChI=1S/C44H83N2O6P/c1-6-8-10-12-14-16-18-19-20-21-22-23-24-25-26-27-28-30-32-34-36-38-44(48)45-42(41-52-53(49,50)51-40-39-46(3,4)5)43(47)37-35-33-31-29-17-15-13-11-9-7-2/h18-19,21-22,24-25,35,37,42-43,47H,6-17,20,23,26-34,36,38-41H2,1-5H3,(H-,45,48,49,50)/p+1/b19-18-,22-21-,25-24-,37-35+. The number of aliphatic hydroxyl groups excluding tert-OH is 1. The van der Waals surface area contributed by atoms with Crippen molar-refractivity contribution in [2.75, 3.05) is 40.9 Å². The van der Waals surface area contributed by atoms with Gasteiger partial charge in [-0.2, -0.15) is 0 Å². The number of allylic oxidation sites excluding steroid dienone is 7. The molecule has 0 aromatic carbocycles. The number of hydrogen-bond donors (Lipinski definition) is 3. The molecule has 9 heteroatoms. The van der Waals surface area contributed by atoms with Crippen LogP contribution in [-0.2, 0) is 18.4 Å². The molecule has 0 heterocycles. The van der Waals surface area contributed by atoms with Gasteiger partial charge in [0, 0.05) is 6.42 Å². The molecular weight excluding hydrogens is 683 g/mol. The van der Waals surface area contributed by atoms with E-state index in [1.807, 2.05) is 27.2 Å². The summed E-state index contributed by atoms with van der Waals surface area (Å²) < 4.78 is 23.5. The van der Waals surface area contributed by atoms with Crippen molar-refractivity contribution in [3.05, 3.63) is 48.6 Å². The number of aliphatic hydroxyl groups is 1. The van der Waals surface area contributed by atoms with Gasteiger partial charge in [0.05, 0.1) is 39.9 Å². The number of likely N-dealkylation sites (N-methyl/N-ethyl adjacent to an activating group) is 1. The summed E-state index contributed by atoms with van der Waals surface area (Å²) in [4.78, 5) is 23.0.